The van der Waals surface area contributed by atoms with Gasteiger partial charge in [-0.1, -0.05) is 30.7 Å². The molecule has 0 saturated heterocycles. The minimum Gasteiger partial charge on any atom is -0.250 e. The molecule has 1 aromatic carbocycles. The van der Waals surface area contributed by atoms with Crippen LogP contribution in [0.5, 0.6) is 0 Å². The van der Waals surface area contributed by atoms with Crippen molar-refractivity contribution >= 4 is 11.6 Å². The van der Waals surface area contributed by atoms with Crippen molar-refractivity contribution in [3.63, 3.8) is 0 Å². The number of rotatable bonds is 2. The Morgan fingerprint density at radius 3 is 2.75 bits per heavy atom. The molecule has 0 fully saturated rings. The summed E-state index contributed by atoms with van der Waals surface area (Å²) >= 11 is 5.52. The van der Waals surface area contributed by atoms with Crippen molar-refractivity contribution in [2.45, 2.75) is 12.8 Å². The second-order valence-corrected chi connectivity index (χ2v) is 3.11. The van der Waals surface area contributed by atoms with E-state index in [1.807, 2.05) is 0 Å². The standard InChI is InChI=1S/C9H9ClF2/c1-6(5-11)7-3-2-4-8(10)9(7)12/h2-4,6H,5H2,1H3. The van der Waals surface area contributed by atoms with Crippen molar-refractivity contribution in [1.82, 2.24) is 0 Å². The van der Waals surface area contributed by atoms with Crippen molar-refractivity contribution in [2.24, 2.45) is 0 Å². The van der Waals surface area contributed by atoms with Gasteiger partial charge in [0.05, 0.1) is 11.7 Å². The van der Waals surface area contributed by atoms with Gasteiger partial charge in [-0.05, 0) is 11.6 Å². The maximum absolute atomic E-state index is 13.1. The second-order valence-electron chi connectivity index (χ2n) is 2.70. The molecule has 0 N–H and O–H groups in total. The topological polar surface area (TPSA) is 0 Å². The molecule has 0 aliphatic carbocycles. The van der Waals surface area contributed by atoms with E-state index < -0.39 is 18.4 Å². The summed E-state index contributed by atoms with van der Waals surface area (Å²) in [4.78, 5) is 0. The Labute approximate surface area is 75.2 Å². The first-order valence-corrected chi connectivity index (χ1v) is 4.04. The average Bonchev–Trinajstić information content (AvgIpc) is 2.08. The highest BCUT2D eigenvalue weighted by Crippen LogP contribution is 2.24. The van der Waals surface area contributed by atoms with Crippen LogP contribution in [0.15, 0.2) is 18.2 Å². The summed E-state index contributed by atoms with van der Waals surface area (Å²) in [5.74, 6) is -0.937. The molecule has 0 amide bonds. The second kappa shape index (κ2) is 3.85. The molecule has 0 bridgehead atoms. The molecule has 66 valence electrons. The van der Waals surface area contributed by atoms with E-state index >= 15 is 0 Å². The lowest BCUT2D eigenvalue weighted by Crippen LogP contribution is -1.99. The van der Waals surface area contributed by atoms with Crippen LogP contribution in [0.4, 0.5) is 8.78 Å². The fraction of sp³-hybridized carbons (Fsp3) is 0.333. The minimum absolute atomic E-state index is 0.0489. The summed E-state index contributed by atoms with van der Waals surface area (Å²) in [6.07, 6.45) is 0. The third kappa shape index (κ3) is 1.75. The van der Waals surface area contributed by atoms with Crippen LogP contribution in [0.3, 0.4) is 0 Å². The average molecular weight is 191 g/mol. The predicted molar refractivity (Wildman–Crippen MR) is 45.8 cm³/mol. The van der Waals surface area contributed by atoms with Crippen LogP contribution in [0.25, 0.3) is 0 Å². The molecule has 1 aromatic rings. The predicted octanol–water partition coefficient (Wildman–Crippen LogP) is 3.55. The first-order chi connectivity index (χ1) is 5.66. The van der Waals surface area contributed by atoms with Gasteiger partial charge >= 0.3 is 0 Å². The van der Waals surface area contributed by atoms with Crippen molar-refractivity contribution < 1.29 is 8.78 Å². The highest BCUT2D eigenvalue weighted by Gasteiger charge is 2.12. The lowest BCUT2D eigenvalue weighted by atomic mass is 10.0. The van der Waals surface area contributed by atoms with Gasteiger partial charge in [-0.25, -0.2) is 4.39 Å². The maximum atomic E-state index is 13.1. The molecule has 0 saturated carbocycles. The van der Waals surface area contributed by atoms with E-state index in [-0.39, 0.29) is 5.02 Å². The normalized spacial score (nSPS) is 13.0. The molecular formula is C9H9ClF2. The van der Waals surface area contributed by atoms with Gasteiger partial charge in [0.2, 0.25) is 0 Å². The fourth-order valence-electron chi connectivity index (χ4n) is 0.984. The quantitative estimate of drug-likeness (QED) is 0.669. The van der Waals surface area contributed by atoms with Crippen LogP contribution in [-0.2, 0) is 0 Å². The molecule has 12 heavy (non-hydrogen) atoms. The lowest BCUT2D eigenvalue weighted by molar-refractivity contribution is 0.437. The zero-order valence-electron chi connectivity index (χ0n) is 6.65. The van der Waals surface area contributed by atoms with Gasteiger partial charge in [-0.15, -0.1) is 0 Å². The van der Waals surface area contributed by atoms with E-state index in [2.05, 4.69) is 0 Å². The minimum atomic E-state index is -0.572. The molecule has 0 aliphatic rings. The number of hydrogen-bond acceptors (Lipinski definition) is 0. The maximum Gasteiger partial charge on any atom is 0.145 e. The third-order valence-electron chi connectivity index (χ3n) is 1.74. The van der Waals surface area contributed by atoms with E-state index in [9.17, 15) is 8.78 Å². The summed E-state index contributed by atoms with van der Waals surface area (Å²) in [5, 5.41) is 0.0489. The molecule has 0 aliphatic heterocycles. The third-order valence-corrected chi connectivity index (χ3v) is 2.04. The van der Waals surface area contributed by atoms with Crippen molar-refractivity contribution in [1.29, 1.82) is 0 Å². The van der Waals surface area contributed by atoms with Crippen molar-refractivity contribution in [3.05, 3.63) is 34.6 Å². The summed E-state index contributed by atoms with van der Waals surface area (Å²) in [6, 6.07) is 4.61. The highest BCUT2D eigenvalue weighted by atomic mass is 35.5. The Bertz CT molecular complexity index is 273. The summed E-state index contributed by atoms with van der Waals surface area (Å²) in [7, 11) is 0. The number of halogens is 3. The molecule has 0 aromatic heterocycles. The lowest BCUT2D eigenvalue weighted by Gasteiger charge is -2.08. The van der Waals surface area contributed by atoms with Gasteiger partial charge in [-0.2, -0.15) is 0 Å². The Kier molecular flexibility index (Phi) is 3.04. The van der Waals surface area contributed by atoms with E-state index in [4.69, 9.17) is 11.6 Å². The van der Waals surface area contributed by atoms with Gasteiger partial charge in [0, 0.05) is 5.92 Å². The Balaban J connectivity index is 3.07. The molecule has 1 unspecified atom stereocenters. The van der Waals surface area contributed by atoms with Crippen molar-refractivity contribution in [3.8, 4) is 0 Å². The molecule has 1 rings (SSSR count). The van der Waals surface area contributed by atoms with E-state index in [0.29, 0.717) is 5.56 Å². The van der Waals surface area contributed by atoms with Crippen LogP contribution < -0.4 is 0 Å². The summed E-state index contributed by atoms with van der Waals surface area (Å²) in [5.41, 5.74) is 0.338. The first-order valence-electron chi connectivity index (χ1n) is 3.66. The zero-order valence-corrected chi connectivity index (χ0v) is 7.41. The summed E-state index contributed by atoms with van der Waals surface area (Å²) < 4.78 is 25.3. The number of alkyl halides is 1. The molecule has 0 radical (unpaired) electrons. The van der Waals surface area contributed by atoms with Gasteiger partial charge in [0.15, 0.2) is 0 Å². The Hall–Kier alpha value is -0.630. The van der Waals surface area contributed by atoms with Gasteiger partial charge in [0.1, 0.15) is 5.82 Å². The van der Waals surface area contributed by atoms with E-state index in [1.54, 1.807) is 19.1 Å². The van der Waals surface area contributed by atoms with Gasteiger partial charge in [-0.3, -0.25) is 4.39 Å². The van der Waals surface area contributed by atoms with Crippen LogP contribution in [-0.4, -0.2) is 6.67 Å². The Morgan fingerprint density at radius 1 is 1.50 bits per heavy atom. The van der Waals surface area contributed by atoms with Gasteiger partial charge in [0.25, 0.3) is 0 Å². The molecule has 3 heteroatoms. The molecule has 0 heterocycles. The zero-order chi connectivity index (χ0) is 9.14. The van der Waals surface area contributed by atoms with Crippen LogP contribution in [0.2, 0.25) is 5.02 Å². The molecule has 0 spiro atoms. The van der Waals surface area contributed by atoms with Crippen molar-refractivity contribution in [2.75, 3.05) is 6.67 Å². The highest BCUT2D eigenvalue weighted by molar-refractivity contribution is 6.30. The molecular weight excluding hydrogens is 182 g/mol. The van der Waals surface area contributed by atoms with Gasteiger partial charge < -0.3 is 0 Å². The molecule has 1 atom stereocenters. The number of hydrogen-bond donors (Lipinski definition) is 0. The fourth-order valence-corrected chi connectivity index (χ4v) is 1.17. The summed E-state index contributed by atoms with van der Waals surface area (Å²) in [6.45, 7) is 1.05. The van der Waals surface area contributed by atoms with E-state index in [1.165, 1.54) is 6.07 Å². The van der Waals surface area contributed by atoms with Crippen LogP contribution >= 0.6 is 11.6 Å². The van der Waals surface area contributed by atoms with Crippen LogP contribution in [0.1, 0.15) is 18.4 Å². The first kappa shape index (κ1) is 9.46. The number of benzene rings is 1. The monoisotopic (exact) mass is 190 g/mol. The van der Waals surface area contributed by atoms with E-state index in [0.717, 1.165) is 0 Å². The molecule has 0 nitrogen and oxygen atoms in total. The Morgan fingerprint density at radius 2 is 2.17 bits per heavy atom. The SMILES string of the molecule is CC(CF)c1cccc(Cl)c1F. The largest absolute Gasteiger partial charge is 0.250 e. The van der Waals surface area contributed by atoms with Crippen LogP contribution in [0, 0.1) is 5.82 Å². The smallest absolute Gasteiger partial charge is 0.145 e.